The smallest absolute Gasteiger partial charge is 0.187 e. The molecule has 0 aliphatic carbocycles. The normalized spacial score (nSPS) is 10.8. The molecule has 0 bridgehead atoms. The summed E-state index contributed by atoms with van der Waals surface area (Å²) in [5.74, 6) is -0.0175. The van der Waals surface area contributed by atoms with Crippen LogP contribution in [0.15, 0.2) is 23.7 Å². The molecular formula is C12H13ClN2O2S. The van der Waals surface area contributed by atoms with E-state index in [2.05, 4.69) is 5.10 Å². The van der Waals surface area contributed by atoms with E-state index < -0.39 is 0 Å². The van der Waals surface area contributed by atoms with E-state index in [9.17, 15) is 4.79 Å². The van der Waals surface area contributed by atoms with Gasteiger partial charge in [-0.15, -0.1) is 11.3 Å². The molecule has 2 rings (SSSR count). The fourth-order valence-electron chi connectivity index (χ4n) is 1.64. The number of nitrogens with zero attached hydrogens (tertiary/aromatic N) is 2. The van der Waals surface area contributed by atoms with Crippen molar-refractivity contribution in [2.75, 3.05) is 13.7 Å². The summed E-state index contributed by atoms with van der Waals surface area (Å²) in [6, 6.07) is 3.86. The first kappa shape index (κ1) is 13.3. The van der Waals surface area contributed by atoms with Crippen LogP contribution in [0.2, 0.25) is 5.02 Å². The Labute approximate surface area is 114 Å². The van der Waals surface area contributed by atoms with Crippen LogP contribution >= 0.6 is 22.9 Å². The van der Waals surface area contributed by atoms with Gasteiger partial charge in [0.1, 0.15) is 5.69 Å². The van der Waals surface area contributed by atoms with E-state index in [0.717, 1.165) is 4.88 Å². The molecule has 0 N–H and O–H groups in total. The number of ketones is 1. The summed E-state index contributed by atoms with van der Waals surface area (Å²) >= 11 is 7.58. The first-order valence-corrected chi connectivity index (χ1v) is 6.74. The molecule has 2 heterocycles. The van der Waals surface area contributed by atoms with Gasteiger partial charge in [-0.25, -0.2) is 0 Å². The van der Waals surface area contributed by atoms with Gasteiger partial charge in [0, 0.05) is 18.4 Å². The van der Waals surface area contributed by atoms with Crippen molar-refractivity contribution in [3.8, 4) is 0 Å². The zero-order valence-electron chi connectivity index (χ0n) is 9.93. The zero-order chi connectivity index (χ0) is 13.0. The average molecular weight is 285 g/mol. The van der Waals surface area contributed by atoms with Gasteiger partial charge in [0.05, 0.1) is 24.4 Å². The number of Topliss-reactive ketones (excluding diaryl/α,β-unsaturated/α-hetero) is 1. The predicted octanol–water partition coefficient (Wildman–Crippen LogP) is 2.67. The molecule has 0 unspecified atom stereocenters. The molecule has 0 aliphatic heterocycles. The van der Waals surface area contributed by atoms with Crippen LogP contribution in [0.5, 0.6) is 0 Å². The largest absolute Gasteiger partial charge is 0.383 e. The van der Waals surface area contributed by atoms with Crippen molar-refractivity contribution in [1.82, 2.24) is 9.78 Å². The summed E-state index contributed by atoms with van der Waals surface area (Å²) in [4.78, 5) is 13.2. The third-order valence-corrected chi connectivity index (χ3v) is 3.63. The van der Waals surface area contributed by atoms with E-state index in [1.165, 1.54) is 6.20 Å². The van der Waals surface area contributed by atoms with Crippen molar-refractivity contribution < 1.29 is 9.53 Å². The van der Waals surface area contributed by atoms with Crippen molar-refractivity contribution in [3.63, 3.8) is 0 Å². The highest BCUT2D eigenvalue weighted by Gasteiger charge is 2.17. The van der Waals surface area contributed by atoms with Crippen LogP contribution in [0.25, 0.3) is 0 Å². The van der Waals surface area contributed by atoms with Gasteiger partial charge in [0.25, 0.3) is 0 Å². The fraction of sp³-hybridized carbons (Fsp3) is 0.333. The Morgan fingerprint density at radius 2 is 2.44 bits per heavy atom. The summed E-state index contributed by atoms with van der Waals surface area (Å²) in [6.45, 7) is 1.02. The van der Waals surface area contributed by atoms with Crippen LogP contribution in [0, 0.1) is 0 Å². The Kier molecular flexibility index (Phi) is 4.52. The number of thiophene rings is 1. The van der Waals surface area contributed by atoms with Gasteiger partial charge >= 0.3 is 0 Å². The Hall–Kier alpha value is -1.17. The number of carbonyl (C=O) groups is 1. The minimum atomic E-state index is -0.0175. The molecule has 0 fully saturated rings. The molecule has 4 nitrogen and oxygen atoms in total. The van der Waals surface area contributed by atoms with Gasteiger partial charge in [0.15, 0.2) is 5.78 Å². The lowest BCUT2D eigenvalue weighted by Gasteiger charge is -2.06. The summed E-state index contributed by atoms with van der Waals surface area (Å²) in [5.41, 5.74) is 0.460. The van der Waals surface area contributed by atoms with Gasteiger partial charge < -0.3 is 4.74 Å². The monoisotopic (exact) mass is 284 g/mol. The Morgan fingerprint density at radius 1 is 1.61 bits per heavy atom. The van der Waals surface area contributed by atoms with Crippen molar-refractivity contribution in [2.45, 2.75) is 13.0 Å². The number of carbonyl (C=O) groups excluding carboxylic acids is 1. The molecule has 6 heteroatoms. The van der Waals surface area contributed by atoms with Crippen LogP contribution in [0.3, 0.4) is 0 Å². The summed E-state index contributed by atoms with van der Waals surface area (Å²) in [6.07, 6.45) is 1.86. The van der Waals surface area contributed by atoms with Crippen LogP contribution in [-0.4, -0.2) is 29.3 Å². The lowest BCUT2D eigenvalue weighted by Crippen LogP contribution is -2.15. The van der Waals surface area contributed by atoms with Gasteiger partial charge in [-0.3, -0.25) is 9.48 Å². The van der Waals surface area contributed by atoms with E-state index in [-0.39, 0.29) is 5.78 Å². The second kappa shape index (κ2) is 6.13. The SMILES string of the molecule is COCCn1ncc(Cl)c1C(=O)Cc1cccs1. The quantitative estimate of drug-likeness (QED) is 0.766. The Balaban J connectivity index is 2.15. The first-order chi connectivity index (χ1) is 8.72. The number of hydrogen-bond donors (Lipinski definition) is 0. The number of rotatable bonds is 6. The molecule has 0 aromatic carbocycles. The van der Waals surface area contributed by atoms with Gasteiger partial charge in [-0.1, -0.05) is 17.7 Å². The van der Waals surface area contributed by atoms with Gasteiger partial charge in [-0.2, -0.15) is 5.10 Å². The summed E-state index contributed by atoms with van der Waals surface area (Å²) < 4.78 is 6.58. The molecule has 0 aliphatic rings. The van der Waals surface area contributed by atoms with Crippen molar-refractivity contribution in [2.24, 2.45) is 0 Å². The van der Waals surface area contributed by atoms with Gasteiger partial charge in [0.2, 0.25) is 0 Å². The van der Waals surface area contributed by atoms with Crippen LogP contribution < -0.4 is 0 Å². The minimum absolute atomic E-state index is 0.0175. The average Bonchev–Trinajstić information content (AvgIpc) is 2.96. The molecule has 0 radical (unpaired) electrons. The maximum absolute atomic E-state index is 12.2. The molecule has 0 amide bonds. The number of hydrogen-bond acceptors (Lipinski definition) is 4. The molecular weight excluding hydrogens is 272 g/mol. The third-order valence-electron chi connectivity index (χ3n) is 2.48. The standard InChI is InChI=1S/C12H13ClN2O2S/c1-17-5-4-15-12(10(13)8-14-15)11(16)7-9-3-2-6-18-9/h2-3,6,8H,4-5,7H2,1H3. The zero-order valence-corrected chi connectivity index (χ0v) is 11.5. The van der Waals surface area contributed by atoms with E-state index in [4.69, 9.17) is 16.3 Å². The highest BCUT2D eigenvalue weighted by molar-refractivity contribution is 7.10. The molecule has 18 heavy (non-hydrogen) atoms. The molecule has 0 saturated heterocycles. The second-order valence-electron chi connectivity index (χ2n) is 3.74. The lowest BCUT2D eigenvalue weighted by molar-refractivity contribution is 0.0980. The highest BCUT2D eigenvalue weighted by atomic mass is 35.5. The van der Waals surface area contributed by atoms with E-state index in [0.29, 0.717) is 30.3 Å². The highest BCUT2D eigenvalue weighted by Crippen LogP contribution is 2.19. The van der Waals surface area contributed by atoms with Crippen molar-refractivity contribution in [1.29, 1.82) is 0 Å². The van der Waals surface area contributed by atoms with Crippen molar-refractivity contribution in [3.05, 3.63) is 39.3 Å². The van der Waals surface area contributed by atoms with Gasteiger partial charge in [-0.05, 0) is 11.4 Å². The topological polar surface area (TPSA) is 44.1 Å². The molecule has 0 spiro atoms. The van der Waals surface area contributed by atoms with E-state index in [1.807, 2.05) is 17.5 Å². The van der Waals surface area contributed by atoms with E-state index >= 15 is 0 Å². The third kappa shape index (κ3) is 2.98. The van der Waals surface area contributed by atoms with Crippen LogP contribution in [0.4, 0.5) is 0 Å². The summed E-state index contributed by atoms with van der Waals surface area (Å²) in [5, 5.41) is 6.44. The lowest BCUT2D eigenvalue weighted by atomic mass is 10.2. The number of methoxy groups -OCH3 is 1. The maximum Gasteiger partial charge on any atom is 0.187 e. The molecule has 2 aromatic rings. The Morgan fingerprint density at radius 3 is 3.11 bits per heavy atom. The van der Waals surface area contributed by atoms with Crippen LogP contribution in [-0.2, 0) is 17.7 Å². The molecule has 2 aromatic heterocycles. The Bertz CT molecular complexity index is 522. The molecule has 0 saturated carbocycles. The summed E-state index contributed by atoms with van der Waals surface area (Å²) in [7, 11) is 1.61. The van der Waals surface area contributed by atoms with E-state index in [1.54, 1.807) is 23.1 Å². The minimum Gasteiger partial charge on any atom is -0.383 e. The van der Waals surface area contributed by atoms with Crippen molar-refractivity contribution >= 4 is 28.7 Å². The predicted molar refractivity (Wildman–Crippen MR) is 71.5 cm³/mol. The van der Waals surface area contributed by atoms with Crippen LogP contribution in [0.1, 0.15) is 15.4 Å². The molecule has 96 valence electrons. The first-order valence-electron chi connectivity index (χ1n) is 5.48. The molecule has 0 atom stereocenters. The second-order valence-corrected chi connectivity index (χ2v) is 5.18. The fourth-order valence-corrected chi connectivity index (χ4v) is 2.59. The number of aromatic nitrogens is 2. The number of halogens is 1. The maximum atomic E-state index is 12.2. The number of ether oxygens (including phenoxy) is 1.